The second kappa shape index (κ2) is 13.3. The third-order valence-electron chi connectivity index (χ3n) is 2.68. The molecule has 2 heteroatoms. The van der Waals surface area contributed by atoms with Crippen molar-refractivity contribution in [2.75, 3.05) is 6.61 Å². The van der Waals surface area contributed by atoms with Crippen molar-refractivity contribution in [3.8, 4) is 0 Å². The van der Waals surface area contributed by atoms with Crippen molar-refractivity contribution < 1.29 is 9.53 Å². The minimum atomic E-state index is -0.199. The SMILES string of the molecule is CCCCCCCCCC=CC(=O)OCCC. The van der Waals surface area contributed by atoms with Crippen molar-refractivity contribution in [2.45, 2.75) is 71.6 Å². The average Bonchev–Trinajstić information content (AvgIpc) is 2.34. The Morgan fingerprint density at radius 1 is 0.941 bits per heavy atom. The maximum absolute atomic E-state index is 11.1. The number of unbranched alkanes of at least 4 members (excludes halogenated alkanes) is 7. The number of esters is 1. The predicted octanol–water partition coefficient (Wildman–Crippen LogP) is 4.64. The molecule has 17 heavy (non-hydrogen) atoms. The molecule has 0 bridgehead atoms. The molecule has 0 saturated carbocycles. The summed E-state index contributed by atoms with van der Waals surface area (Å²) in [7, 11) is 0. The van der Waals surface area contributed by atoms with E-state index in [0.29, 0.717) is 6.61 Å². The molecule has 0 N–H and O–H groups in total. The second-order valence-electron chi connectivity index (χ2n) is 4.48. The molecule has 0 aliphatic heterocycles. The standard InChI is InChI=1S/C15H28O2/c1-3-5-6-7-8-9-10-11-12-13-15(16)17-14-4-2/h12-13H,3-11,14H2,1-2H3. The van der Waals surface area contributed by atoms with Gasteiger partial charge in [0.05, 0.1) is 6.61 Å². The van der Waals surface area contributed by atoms with Gasteiger partial charge in [0.25, 0.3) is 0 Å². The van der Waals surface area contributed by atoms with Crippen LogP contribution in [0.25, 0.3) is 0 Å². The normalized spacial score (nSPS) is 10.9. The van der Waals surface area contributed by atoms with Gasteiger partial charge in [-0.15, -0.1) is 0 Å². The fraction of sp³-hybridized carbons (Fsp3) is 0.800. The van der Waals surface area contributed by atoms with Gasteiger partial charge >= 0.3 is 5.97 Å². The zero-order valence-corrected chi connectivity index (χ0v) is 11.5. The maximum atomic E-state index is 11.1. The Hall–Kier alpha value is -0.790. The summed E-state index contributed by atoms with van der Waals surface area (Å²) in [5, 5.41) is 0. The highest BCUT2D eigenvalue weighted by atomic mass is 16.5. The van der Waals surface area contributed by atoms with Crippen molar-refractivity contribution in [2.24, 2.45) is 0 Å². The van der Waals surface area contributed by atoms with Gasteiger partial charge in [-0.25, -0.2) is 4.79 Å². The topological polar surface area (TPSA) is 26.3 Å². The van der Waals surface area contributed by atoms with E-state index in [0.717, 1.165) is 12.8 Å². The van der Waals surface area contributed by atoms with E-state index in [1.54, 1.807) is 6.08 Å². The summed E-state index contributed by atoms with van der Waals surface area (Å²) in [4.78, 5) is 11.1. The summed E-state index contributed by atoms with van der Waals surface area (Å²) in [6.45, 7) is 4.76. The van der Waals surface area contributed by atoms with Crippen molar-refractivity contribution in [1.29, 1.82) is 0 Å². The third kappa shape index (κ3) is 13.1. The van der Waals surface area contributed by atoms with Gasteiger partial charge in [0, 0.05) is 6.08 Å². The summed E-state index contributed by atoms with van der Waals surface area (Å²) in [5.41, 5.74) is 0. The molecule has 0 aliphatic carbocycles. The number of hydrogen-bond donors (Lipinski definition) is 0. The lowest BCUT2D eigenvalue weighted by Gasteiger charge is -1.99. The van der Waals surface area contributed by atoms with Crippen LogP contribution in [0, 0.1) is 0 Å². The lowest BCUT2D eigenvalue weighted by molar-refractivity contribution is -0.137. The van der Waals surface area contributed by atoms with E-state index in [1.165, 1.54) is 44.9 Å². The molecule has 0 aliphatic rings. The van der Waals surface area contributed by atoms with Crippen LogP contribution >= 0.6 is 0 Å². The summed E-state index contributed by atoms with van der Waals surface area (Å²) < 4.78 is 4.94. The molecule has 100 valence electrons. The molecule has 0 aromatic carbocycles. The molecule has 0 saturated heterocycles. The predicted molar refractivity (Wildman–Crippen MR) is 73.0 cm³/mol. The number of ether oxygens (including phenoxy) is 1. The Morgan fingerprint density at radius 3 is 2.24 bits per heavy atom. The van der Waals surface area contributed by atoms with Crippen LogP contribution in [0.15, 0.2) is 12.2 Å². The van der Waals surface area contributed by atoms with Crippen LogP contribution in [0.4, 0.5) is 0 Å². The van der Waals surface area contributed by atoms with Crippen LogP contribution in [0.1, 0.15) is 71.6 Å². The van der Waals surface area contributed by atoms with Gasteiger partial charge in [-0.3, -0.25) is 0 Å². The second-order valence-corrected chi connectivity index (χ2v) is 4.48. The highest BCUT2D eigenvalue weighted by Crippen LogP contribution is 2.08. The van der Waals surface area contributed by atoms with Gasteiger partial charge in [0.15, 0.2) is 0 Å². The van der Waals surface area contributed by atoms with E-state index >= 15 is 0 Å². The molecule has 0 spiro atoms. The van der Waals surface area contributed by atoms with Crippen LogP contribution in [0.5, 0.6) is 0 Å². The smallest absolute Gasteiger partial charge is 0.330 e. The number of carbonyl (C=O) groups excluding carboxylic acids is 1. The van der Waals surface area contributed by atoms with Gasteiger partial charge in [-0.2, -0.15) is 0 Å². The van der Waals surface area contributed by atoms with E-state index < -0.39 is 0 Å². The zero-order chi connectivity index (χ0) is 12.8. The summed E-state index contributed by atoms with van der Waals surface area (Å²) in [6, 6.07) is 0. The number of allylic oxidation sites excluding steroid dienone is 1. The fourth-order valence-electron chi connectivity index (χ4n) is 1.65. The minimum Gasteiger partial charge on any atom is -0.463 e. The van der Waals surface area contributed by atoms with Crippen LogP contribution in [-0.4, -0.2) is 12.6 Å². The molecule has 0 heterocycles. The van der Waals surface area contributed by atoms with Gasteiger partial charge in [-0.1, -0.05) is 58.4 Å². The largest absolute Gasteiger partial charge is 0.463 e. The molecule has 0 aromatic heterocycles. The zero-order valence-electron chi connectivity index (χ0n) is 11.5. The van der Waals surface area contributed by atoms with Crippen molar-refractivity contribution >= 4 is 5.97 Å². The molecule has 2 nitrogen and oxygen atoms in total. The van der Waals surface area contributed by atoms with E-state index in [-0.39, 0.29) is 5.97 Å². The molecular weight excluding hydrogens is 212 g/mol. The molecule has 0 radical (unpaired) electrons. The first-order valence-corrected chi connectivity index (χ1v) is 7.14. The summed E-state index contributed by atoms with van der Waals surface area (Å²) in [5.74, 6) is -0.199. The molecular formula is C15H28O2. The Balaban J connectivity index is 3.21. The van der Waals surface area contributed by atoms with Crippen molar-refractivity contribution in [1.82, 2.24) is 0 Å². The van der Waals surface area contributed by atoms with Gasteiger partial charge in [0.1, 0.15) is 0 Å². The van der Waals surface area contributed by atoms with Gasteiger partial charge < -0.3 is 4.74 Å². The molecule has 0 rings (SSSR count). The molecule has 0 aromatic rings. The third-order valence-corrected chi connectivity index (χ3v) is 2.68. The summed E-state index contributed by atoms with van der Waals surface area (Å²) >= 11 is 0. The summed E-state index contributed by atoms with van der Waals surface area (Å²) in [6.07, 6.45) is 14.6. The van der Waals surface area contributed by atoms with Crippen molar-refractivity contribution in [3.05, 3.63) is 12.2 Å². The maximum Gasteiger partial charge on any atom is 0.330 e. The monoisotopic (exact) mass is 240 g/mol. The first kappa shape index (κ1) is 16.2. The lowest BCUT2D eigenvalue weighted by Crippen LogP contribution is -2.00. The van der Waals surface area contributed by atoms with Crippen LogP contribution in [0.2, 0.25) is 0 Å². The van der Waals surface area contributed by atoms with E-state index in [9.17, 15) is 4.79 Å². The van der Waals surface area contributed by atoms with Crippen LogP contribution in [-0.2, 0) is 9.53 Å². The quantitative estimate of drug-likeness (QED) is 0.299. The van der Waals surface area contributed by atoms with Crippen LogP contribution < -0.4 is 0 Å². The van der Waals surface area contributed by atoms with E-state index in [2.05, 4.69) is 6.92 Å². The van der Waals surface area contributed by atoms with Gasteiger partial charge in [0.2, 0.25) is 0 Å². The Bertz CT molecular complexity index is 197. The van der Waals surface area contributed by atoms with E-state index in [1.807, 2.05) is 13.0 Å². The minimum absolute atomic E-state index is 0.199. The number of rotatable bonds is 11. The van der Waals surface area contributed by atoms with Crippen LogP contribution in [0.3, 0.4) is 0 Å². The van der Waals surface area contributed by atoms with Gasteiger partial charge in [-0.05, 0) is 19.3 Å². The highest BCUT2D eigenvalue weighted by molar-refractivity contribution is 5.81. The average molecular weight is 240 g/mol. The number of carbonyl (C=O) groups is 1. The molecule has 0 unspecified atom stereocenters. The first-order chi connectivity index (χ1) is 8.31. The Labute approximate surface area is 106 Å². The first-order valence-electron chi connectivity index (χ1n) is 7.14. The molecule has 0 amide bonds. The fourth-order valence-corrected chi connectivity index (χ4v) is 1.65. The highest BCUT2D eigenvalue weighted by Gasteiger charge is 1.94. The Kier molecular flexibility index (Phi) is 12.7. The Morgan fingerprint density at radius 2 is 1.59 bits per heavy atom. The lowest BCUT2D eigenvalue weighted by atomic mass is 10.1. The molecule has 0 atom stereocenters. The van der Waals surface area contributed by atoms with Crippen molar-refractivity contribution in [3.63, 3.8) is 0 Å². The number of hydrogen-bond acceptors (Lipinski definition) is 2. The van der Waals surface area contributed by atoms with E-state index in [4.69, 9.17) is 4.74 Å². The molecule has 0 fully saturated rings.